The summed E-state index contributed by atoms with van der Waals surface area (Å²) in [5.74, 6) is 1.24. The number of hydrogen-bond donors (Lipinski definition) is 2. The van der Waals surface area contributed by atoms with Crippen LogP contribution in [0.15, 0.2) is 18.2 Å². The summed E-state index contributed by atoms with van der Waals surface area (Å²) >= 11 is 0. The molecule has 1 aromatic carbocycles. The molecule has 0 spiro atoms. The second kappa shape index (κ2) is 9.56. The van der Waals surface area contributed by atoms with Crippen molar-refractivity contribution in [3.05, 3.63) is 23.8 Å². The Morgan fingerprint density at radius 3 is 2.88 bits per heavy atom. The third-order valence-corrected chi connectivity index (χ3v) is 4.61. The first-order chi connectivity index (χ1) is 12.0. The lowest BCUT2D eigenvalue weighted by atomic mass is 9.85. The first-order valence-electron chi connectivity index (χ1n) is 8.58. The summed E-state index contributed by atoms with van der Waals surface area (Å²) in [6, 6.07) is 4.55. The van der Waals surface area contributed by atoms with Crippen LogP contribution in [0.4, 0.5) is 8.78 Å². The van der Waals surface area contributed by atoms with Crippen LogP contribution in [-0.4, -0.2) is 32.7 Å². The van der Waals surface area contributed by atoms with E-state index in [-0.39, 0.29) is 24.1 Å². The lowest BCUT2D eigenvalue weighted by Gasteiger charge is -2.28. The van der Waals surface area contributed by atoms with Crippen LogP contribution in [0.5, 0.6) is 11.5 Å². The van der Waals surface area contributed by atoms with Gasteiger partial charge in [0.15, 0.2) is 0 Å². The van der Waals surface area contributed by atoms with E-state index in [0.717, 1.165) is 25.9 Å². The van der Waals surface area contributed by atoms with Gasteiger partial charge in [0.1, 0.15) is 11.5 Å². The fourth-order valence-corrected chi connectivity index (χ4v) is 3.12. The standard InChI is InChI=1S/C18H26F2N2O3/c1-12(13-4-3-7-21-10-13)8-17(23)22-11-14-9-15(24-2)5-6-16(14)25-18(19)20/h5-6,9,12-13,18,21H,3-4,7-8,10-11H2,1-2H3,(H,22,23). The minimum absolute atomic E-state index is 0.0422. The number of halogens is 2. The van der Waals surface area contributed by atoms with Crippen molar-refractivity contribution in [1.82, 2.24) is 10.6 Å². The molecular formula is C18H26F2N2O3. The number of nitrogens with one attached hydrogen (secondary N) is 2. The zero-order chi connectivity index (χ0) is 18.2. The molecule has 25 heavy (non-hydrogen) atoms. The van der Waals surface area contributed by atoms with Crippen LogP contribution >= 0.6 is 0 Å². The molecule has 5 nitrogen and oxygen atoms in total. The lowest BCUT2D eigenvalue weighted by molar-refractivity contribution is -0.122. The number of hydrogen-bond acceptors (Lipinski definition) is 4. The topological polar surface area (TPSA) is 59.6 Å². The van der Waals surface area contributed by atoms with Crippen LogP contribution in [-0.2, 0) is 11.3 Å². The van der Waals surface area contributed by atoms with Gasteiger partial charge >= 0.3 is 6.61 Å². The van der Waals surface area contributed by atoms with E-state index in [1.807, 2.05) is 0 Å². The molecule has 1 aliphatic heterocycles. The van der Waals surface area contributed by atoms with E-state index in [4.69, 9.17) is 4.74 Å². The zero-order valence-electron chi connectivity index (χ0n) is 14.7. The van der Waals surface area contributed by atoms with Gasteiger partial charge < -0.3 is 20.1 Å². The second-order valence-corrected chi connectivity index (χ2v) is 6.42. The van der Waals surface area contributed by atoms with Crippen molar-refractivity contribution in [2.75, 3.05) is 20.2 Å². The van der Waals surface area contributed by atoms with Crippen molar-refractivity contribution in [2.24, 2.45) is 11.8 Å². The Balaban J connectivity index is 1.91. The van der Waals surface area contributed by atoms with Gasteiger partial charge in [0, 0.05) is 18.5 Å². The highest BCUT2D eigenvalue weighted by atomic mass is 19.3. The maximum atomic E-state index is 12.5. The Morgan fingerprint density at radius 2 is 2.24 bits per heavy atom. The molecule has 1 heterocycles. The number of benzene rings is 1. The second-order valence-electron chi connectivity index (χ2n) is 6.42. The first-order valence-corrected chi connectivity index (χ1v) is 8.58. The summed E-state index contributed by atoms with van der Waals surface area (Å²) in [6.45, 7) is 1.26. The number of ether oxygens (including phenoxy) is 2. The summed E-state index contributed by atoms with van der Waals surface area (Å²) in [5.41, 5.74) is 0.458. The molecule has 0 aromatic heterocycles. The van der Waals surface area contributed by atoms with Crippen LogP contribution < -0.4 is 20.1 Å². The minimum atomic E-state index is -2.92. The molecule has 0 aliphatic carbocycles. The van der Waals surface area contributed by atoms with Gasteiger partial charge in [-0.2, -0.15) is 8.78 Å². The SMILES string of the molecule is COc1ccc(OC(F)F)c(CNC(=O)CC(C)C2CCCNC2)c1. The van der Waals surface area contributed by atoms with Gasteiger partial charge in [0.2, 0.25) is 5.91 Å². The highest BCUT2D eigenvalue weighted by molar-refractivity contribution is 5.76. The predicted molar refractivity (Wildman–Crippen MR) is 90.8 cm³/mol. The highest BCUT2D eigenvalue weighted by Crippen LogP contribution is 2.26. The average molecular weight is 356 g/mol. The average Bonchev–Trinajstić information content (AvgIpc) is 2.61. The number of methoxy groups -OCH3 is 1. The van der Waals surface area contributed by atoms with Crippen molar-refractivity contribution >= 4 is 5.91 Å². The van der Waals surface area contributed by atoms with Crippen LogP contribution in [0, 0.1) is 11.8 Å². The van der Waals surface area contributed by atoms with E-state index in [9.17, 15) is 13.6 Å². The molecule has 0 radical (unpaired) electrons. The molecule has 1 aliphatic rings. The molecular weight excluding hydrogens is 330 g/mol. The van der Waals surface area contributed by atoms with Gasteiger partial charge in [-0.3, -0.25) is 4.79 Å². The van der Waals surface area contributed by atoms with Crippen molar-refractivity contribution in [1.29, 1.82) is 0 Å². The van der Waals surface area contributed by atoms with E-state index in [1.54, 1.807) is 12.1 Å². The van der Waals surface area contributed by atoms with Gasteiger partial charge in [-0.25, -0.2) is 0 Å². The van der Waals surface area contributed by atoms with E-state index in [2.05, 4.69) is 22.3 Å². The van der Waals surface area contributed by atoms with Gasteiger partial charge in [-0.05, 0) is 56.0 Å². The fraction of sp³-hybridized carbons (Fsp3) is 0.611. The molecule has 1 aromatic rings. The molecule has 1 saturated heterocycles. The maximum Gasteiger partial charge on any atom is 0.387 e. The lowest BCUT2D eigenvalue weighted by Crippen LogP contribution is -2.35. The number of piperidine rings is 1. The van der Waals surface area contributed by atoms with Gasteiger partial charge in [-0.15, -0.1) is 0 Å². The molecule has 2 atom stereocenters. The van der Waals surface area contributed by atoms with E-state index in [0.29, 0.717) is 23.7 Å². The van der Waals surface area contributed by atoms with Gasteiger partial charge in [-0.1, -0.05) is 6.92 Å². The Hall–Kier alpha value is -1.89. The quantitative estimate of drug-likeness (QED) is 0.752. The van der Waals surface area contributed by atoms with Crippen molar-refractivity contribution in [2.45, 2.75) is 39.3 Å². The monoisotopic (exact) mass is 356 g/mol. The number of amides is 1. The largest absolute Gasteiger partial charge is 0.497 e. The maximum absolute atomic E-state index is 12.5. The number of alkyl halides is 2. The van der Waals surface area contributed by atoms with Gasteiger partial charge in [0.05, 0.1) is 7.11 Å². The summed E-state index contributed by atoms with van der Waals surface area (Å²) in [5, 5.41) is 6.15. The molecule has 1 fully saturated rings. The third-order valence-electron chi connectivity index (χ3n) is 4.61. The van der Waals surface area contributed by atoms with E-state index in [1.165, 1.54) is 13.2 Å². The van der Waals surface area contributed by atoms with Crippen molar-refractivity contribution < 1.29 is 23.0 Å². The summed E-state index contributed by atoms with van der Waals surface area (Å²) in [4.78, 5) is 12.2. The smallest absolute Gasteiger partial charge is 0.387 e. The van der Waals surface area contributed by atoms with E-state index >= 15 is 0 Å². The number of rotatable bonds is 8. The summed E-state index contributed by atoms with van der Waals surface area (Å²) in [7, 11) is 1.49. The van der Waals surface area contributed by atoms with Crippen LogP contribution in [0.1, 0.15) is 31.7 Å². The molecule has 1 amide bonds. The Bertz CT molecular complexity index is 563. The van der Waals surface area contributed by atoms with E-state index < -0.39 is 6.61 Å². The Labute approximate surface area is 147 Å². The summed E-state index contributed by atoms with van der Waals surface area (Å²) in [6.07, 6.45) is 2.68. The first kappa shape index (κ1) is 19.4. The van der Waals surface area contributed by atoms with Gasteiger partial charge in [0.25, 0.3) is 0 Å². The molecule has 140 valence electrons. The Morgan fingerprint density at radius 1 is 1.44 bits per heavy atom. The Kier molecular flexibility index (Phi) is 7.43. The normalized spacial score (nSPS) is 18.7. The molecule has 0 saturated carbocycles. The summed E-state index contributed by atoms with van der Waals surface area (Å²) < 4.78 is 34.6. The number of carbonyl (C=O) groups is 1. The minimum Gasteiger partial charge on any atom is -0.497 e. The molecule has 7 heteroatoms. The van der Waals surface area contributed by atoms with Crippen molar-refractivity contribution in [3.8, 4) is 11.5 Å². The van der Waals surface area contributed by atoms with Crippen LogP contribution in [0.3, 0.4) is 0 Å². The molecule has 2 N–H and O–H groups in total. The third kappa shape index (κ3) is 6.16. The number of carbonyl (C=O) groups excluding carboxylic acids is 1. The molecule has 2 rings (SSSR count). The van der Waals surface area contributed by atoms with Crippen molar-refractivity contribution in [3.63, 3.8) is 0 Å². The fourth-order valence-electron chi connectivity index (χ4n) is 3.12. The predicted octanol–water partition coefficient (Wildman–Crippen LogP) is 2.94. The molecule has 0 bridgehead atoms. The zero-order valence-corrected chi connectivity index (χ0v) is 14.7. The van der Waals surface area contributed by atoms with Crippen LogP contribution in [0.25, 0.3) is 0 Å². The van der Waals surface area contributed by atoms with Crippen LogP contribution in [0.2, 0.25) is 0 Å². The molecule has 2 unspecified atom stereocenters. The highest BCUT2D eigenvalue weighted by Gasteiger charge is 2.22.